The summed E-state index contributed by atoms with van der Waals surface area (Å²) in [6.45, 7) is 17.0. The van der Waals surface area contributed by atoms with Gasteiger partial charge < -0.3 is 26.6 Å². The summed E-state index contributed by atoms with van der Waals surface area (Å²) in [5, 5.41) is 23.9. The molecule has 0 aromatic heterocycles. The van der Waals surface area contributed by atoms with Crippen LogP contribution in [0, 0.1) is 18.8 Å². The van der Waals surface area contributed by atoms with Gasteiger partial charge in [0.25, 0.3) is 0 Å². The molecule has 0 heterocycles. The number of nitrogen functional groups attached to an aromatic ring is 1. The summed E-state index contributed by atoms with van der Waals surface area (Å²) in [7, 11) is 7.98. The molecule has 6 heteroatoms. The van der Waals surface area contributed by atoms with Gasteiger partial charge in [-0.15, -0.1) is 0 Å². The van der Waals surface area contributed by atoms with E-state index in [1.54, 1.807) is 0 Å². The van der Waals surface area contributed by atoms with Crippen LogP contribution in [-0.2, 0) is 6.42 Å². The lowest BCUT2D eigenvalue weighted by atomic mass is 9.55. The molecule has 2 aromatic carbocycles. The monoisotopic (exact) mass is 538 g/mol. The van der Waals surface area contributed by atoms with Crippen LogP contribution in [0.2, 0.25) is 0 Å². The molecule has 40 heavy (non-hydrogen) atoms. The first-order valence-electron chi connectivity index (χ1n) is 13.8. The molecule has 3 aliphatic rings. The molecule has 0 saturated carbocycles. The number of hydrogen-bond donors (Lipinski definition) is 4. The second-order valence-electron chi connectivity index (χ2n) is 12.1. The van der Waals surface area contributed by atoms with E-state index >= 15 is 0 Å². The molecule has 2 aromatic rings. The zero-order valence-corrected chi connectivity index (χ0v) is 24.6. The number of aliphatic hydroxyl groups excluding tert-OH is 1. The number of nitrogens with two attached hydrogens (primary N) is 2. The highest BCUT2D eigenvalue weighted by Gasteiger charge is 2.57. The average Bonchev–Trinajstić information content (AvgIpc) is 2.85. The predicted octanol–water partition coefficient (Wildman–Crippen LogP) is 5.35. The summed E-state index contributed by atoms with van der Waals surface area (Å²) >= 11 is 0. The number of aliphatic hydroxyl groups is 2. The first kappa shape index (κ1) is 27.8. The van der Waals surface area contributed by atoms with Crippen molar-refractivity contribution in [3.63, 3.8) is 0 Å². The van der Waals surface area contributed by atoms with Gasteiger partial charge in [-0.25, -0.2) is 0 Å². The number of nitrogens with zero attached hydrogens (tertiary/aromatic N) is 2. The molecule has 5 rings (SSSR count). The Morgan fingerprint density at radius 2 is 1.77 bits per heavy atom. The number of anilines is 2. The van der Waals surface area contributed by atoms with Crippen molar-refractivity contribution in [1.29, 1.82) is 0 Å². The van der Waals surface area contributed by atoms with E-state index < -0.39 is 11.6 Å². The van der Waals surface area contributed by atoms with E-state index in [2.05, 4.69) is 57.8 Å². The molecule has 0 fully saturated rings. The Morgan fingerprint density at radius 3 is 2.35 bits per heavy atom. The van der Waals surface area contributed by atoms with Crippen molar-refractivity contribution in [1.82, 2.24) is 4.90 Å². The summed E-state index contributed by atoms with van der Waals surface area (Å²) < 4.78 is 0. The van der Waals surface area contributed by atoms with Gasteiger partial charge >= 0.3 is 0 Å². The van der Waals surface area contributed by atoms with Crippen molar-refractivity contribution in [3.05, 3.63) is 101 Å². The quantitative estimate of drug-likeness (QED) is 0.392. The Kier molecular flexibility index (Phi) is 6.55. The van der Waals surface area contributed by atoms with Crippen molar-refractivity contribution >= 4 is 16.9 Å². The molecule has 3 aliphatic carbocycles. The summed E-state index contributed by atoms with van der Waals surface area (Å²) in [6, 6.07) is 9.80. The Bertz CT molecular complexity index is 1540. The average molecular weight is 539 g/mol. The van der Waals surface area contributed by atoms with Crippen LogP contribution in [0.25, 0.3) is 16.7 Å². The van der Waals surface area contributed by atoms with Crippen LogP contribution < -0.4 is 16.4 Å². The van der Waals surface area contributed by atoms with Crippen molar-refractivity contribution in [2.24, 2.45) is 17.6 Å². The third-order valence-electron chi connectivity index (χ3n) is 9.44. The van der Waals surface area contributed by atoms with E-state index in [9.17, 15) is 10.2 Å². The van der Waals surface area contributed by atoms with Crippen LogP contribution in [0.3, 0.4) is 0 Å². The number of rotatable bonds is 4. The smallest absolute Gasteiger partial charge is 0.119 e. The normalized spacial score (nSPS) is 26.1. The van der Waals surface area contributed by atoms with E-state index in [-0.39, 0.29) is 23.3 Å². The molecular formula is C34H42N4O2. The largest absolute Gasteiger partial charge is 0.510 e. The molecule has 6 N–H and O–H groups in total. The Labute approximate surface area is 238 Å². The molecule has 6 nitrogen and oxygen atoms in total. The van der Waals surface area contributed by atoms with Gasteiger partial charge in [0, 0.05) is 42.7 Å². The lowest BCUT2D eigenvalue weighted by Crippen LogP contribution is -2.58. The Morgan fingerprint density at radius 1 is 1.10 bits per heavy atom. The standard InChI is InChI=1S/C34H42N4O2/c1-17-25(22-11-10-12-24(36)13-22)16-28(37(6)7)26-14-23-15-27-32(38(8)9)33(39)31(21(5)35)20(4)34(27,40)19(3)30(23)18(2)29(17)26/h10-13,16,23,27,32,39-40H,2,4-5,14-15,35-36H2,1,3,6-9H3/t23-,27-,32-,34-/m0/s1. The topological polar surface area (TPSA) is 99.0 Å². The van der Waals surface area contributed by atoms with Gasteiger partial charge in [-0.05, 0) is 115 Å². The first-order chi connectivity index (χ1) is 18.7. The molecule has 0 bridgehead atoms. The highest BCUT2D eigenvalue weighted by Crippen LogP contribution is 2.58. The molecular weight excluding hydrogens is 496 g/mol. The van der Waals surface area contributed by atoms with Gasteiger partial charge in [-0.2, -0.15) is 0 Å². The van der Waals surface area contributed by atoms with Crippen LogP contribution in [0.4, 0.5) is 11.4 Å². The number of fused-ring (bicyclic) bond motifs is 3. The van der Waals surface area contributed by atoms with Gasteiger partial charge in [-0.1, -0.05) is 31.9 Å². The van der Waals surface area contributed by atoms with Crippen LogP contribution in [0.5, 0.6) is 0 Å². The van der Waals surface area contributed by atoms with Crippen LogP contribution in [-0.4, -0.2) is 54.9 Å². The minimum Gasteiger partial charge on any atom is -0.510 e. The number of hydrogen-bond acceptors (Lipinski definition) is 6. The molecule has 0 spiro atoms. The fourth-order valence-corrected chi connectivity index (χ4v) is 7.72. The zero-order valence-electron chi connectivity index (χ0n) is 24.6. The third-order valence-corrected chi connectivity index (χ3v) is 9.44. The third kappa shape index (κ3) is 3.77. The highest BCUT2D eigenvalue weighted by atomic mass is 16.3. The summed E-state index contributed by atoms with van der Waals surface area (Å²) in [5.74, 6) is -0.0518. The summed E-state index contributed by atoms with van der Waals surface area (Å²) in [6.07, 6.45) is 1.48. The van der Waals surface area contributed by atoms with Gasteiger partial charge in [-0.3, -0.25) is 4.90 Å². The van der Waals surface area contributed by atoms with Crippen molar-refractivity contribution < 1.29 is 10.2 Å². The highest BCUT2D eigenvalue weighted by molar-refractivity contribution is 5.92. The summed E-state index contributed by atoms with van der Waals surface area (Å²) in [4.78, 5) is 4.12. The molecule has 210 valence electrons. The number of benzene rings is 2. The SMILES string of the molecule is C=C(N)C1=C(O)[C@@H](N(C)C)[C@@H]2C[C@@H]3Cc4c(N(C)C)cc(-c5cccc(N)c5)c(C)c4C(=C)C3=C(C)[C@]2(O)C1=C. The van der Waals surface area contributed by atoms with Crippen LogP contribution in [0.1, 0.15) is 30.0 Å². The minimum atomic E-state index is -1.39. The van der Waals surface area contributed by atoms with Gasteiger partial charge in [0.05, 0.1) is 6.04 Å². The van der Waals surface area contributed by atoms with Crippen molar-refractivity contribution in [2.75, 3.05) is 38.8 Å². The summed E-state index contributed by atoms with van der Waals surface area (Å²) in [5.41, 5.74) is 22.3. The van der Waals surface area contributed by atoms with Gasteiger partial charge in [0.2, 0.25) is 0 Å². The maximum atomic E-state index is 12.6. The molecule has 4 atom stereocenters. The second kappa shape index (κ2) is 9.43. The molecule has 0 saturated heterocycles. The zero-order chi connectivity index (χ0) is 29.4. The number of likely N-dealkylation sites (N-methyl/N-ethyl adjacent to an activating group) is 1. The fraction of sp³-hybridized carbons (Fsp3) is 0.353. The first-order valence-corrected chi connectivity index (χ1v) is 13.8. The van der Waals surface area contributed by atoms with Crippen molar-refractivity contribution in [3.8, 4) is 11.1 Å². The Balaban J connectivity index is 1.76. The number of allylic oxidation sites excluding steroid dienone is 3. The lowest BCUT2D eigenvalue weighted by molar-refractivity contribution is -0.0178. The molecule has 0 radical (unpaired) electrons. The van der Waals surface area contributed by atoms with E-state index in [4.69, 9.17) is 11.5 Å². The minimum absolute atomic E-state index is 0.125. The second-order valence-corrected chi connectivity index (χ2v) is 12.1. The molecule has 0 amide bonds. The lowest BCUT2D eigenvalue weighted by Gasteiger charge is -2.54. The van der Waals surface area contributed by atoms with Gasteiger partial charge in [0.1, 0.15) is 11.4 Å². The Hall–Kier alpha value is -3.74. The van der Waals surface area contributed by atoms with Gasteiger partial charge in [0.15, 0.2) is 0 Å². The van der Waals surface area contributed by atoms with Crippen molar-refractivity contribution in [2.45, 2.75) is 38.3 Å². The molecule has 0 unspecified atom stereocenters. The van der Waals surface area contributed by atoms with E-state index in [0.717, 1.165) is 56.8 Å². The maximum absolute atomic E-state index is 12.6. The van der Waals surface area contributed by atoms with E-state index in [1.807, 2.05) is 44.1 Å². The molecule has 0 aliphatic heterocycles. The van der Waals surface area contributed by atoms with Crippen LogP contribution in [0.15, 0.2) is 83.8 Å². The van der Waals surface area contributed by atoms with Crippen LogP contribution >= 0.6 is 0 Å². The van der Waals surface area contributed by atoms with E-state index in [0.29, 0.717) is 17.6 Å². The van der Waals surface area contributed by atoms with E-state index in [1.165, 1.54) is 5.56 Å². The predicted molar refractivity (Wildman–Crippen MR) is 167 cm³/mol. The fourth-order valence-electron chi connectivity index (χ4n) is 7.72. The maximum Gasteiger partial charge on any atom is 0.119 e.